The molecule has 0 N–H and O–H groups in total. The minimum Gasteiger partial charge on any atom is -0.383 e. The van der Waals surface area contributed by atoms with E-state index in [2.05, 4.69) is 0 Å². The van der Waals surface area contributed by atoms with Crippen LogP contribution in [0.3, 0.4) is 0 Å². The van der Waals surface area contributed by atoms with Crippen molar-refractivity contribution < 1.29 is 18.7 Å². The summed E-state index contributed by atoms with van der Waals surface area (Å²) in [5.41, 5.74) is -0.158. The van der Waals surface area contributed by atoms with Gasteiger partial charge in [-0.05, 0) is 43.4 Å². The molecule has 2 aliphatic rings. The second-order valence-corrected chi connectivity index (χ2v) is 7.39. The number of likely N-dealkylation sites (tertiary alicyclic amines) is 2. The predicted octanol–water partition coefficient (Wildman–Crippen LogP) is 2.65. The lowest BCUT2D eigenvalue weighted by atomic mass is 9.85. The van der Waals surface area contributed by atoms with Crippen LogP contribution in [-0.4, -0.2) is 60.5 Å². The highest BCUT2D eigenvalue weighted by molar-refractivity contribution is 6.31. The minimum atomic E-state index is -0.740. The Balaban J connectivity index is 1.78. The summed E-state index contributed by atoms with van der Waals surface area (Å²) in [5.74, 6) is -0.533. The summed E-state index contributed by atoms with van der Waals surface area (Å²) in [5, 5.41) is 0.239. The average Bonchev–Trinajstić information content (AvgIpc) is 3.03. The van der Waals surface area contributed by atoms with Gasteiger partial charge in [-0.15, -0.1) is 0 Å². The molecule has 1 unspecified atom stereocenters. The van der Waals surface area contributed by atoms with E-state index in [1.165, 1.54) is 18.2 Å². The molecule has 142 valence electrons. The third kappa shape index (κ3) is 3.58. The highest BCUT2D eigenvalue weighted by Gasteiger charge is 2.52. The Labute approximate surface area is 158 Å². The number of nitrogens with zero attached hydrogens (tertiary/aromatic N) is 2. The van der Waals surface area contributed by atoms with Crippen molar-refractivity contribution in [3.63, 3.8) is 0 Å². The summed E-state index contributed by atoms with van der Waals surface area (Å²) < 4.78 is 18.3. The number of ether oxygens (including phenoxy) is 1. The Morgan fingerprint density at radius 1 is 1.31 bits per heavy atom. The van der Waals surface area contributed by atoms with Crippen LogP contribution < -0.4 is 0 Å². The van der Waals surface area contributed by atoms with E-state index in [4.69, 9.17) is 16.3 Å². The van der Waals surface area contributed by atoms with Gasteiger partial charge in [0.1, 0.15) is 11.4 Å². The van der Waals surface area contributed by atoms with Crippen LogP contribution in [0.4, 0.5) is 4.39 Å². The van der Waals surface area contributed by atoms with Crippen molar-refractivity contribution in [2.24, 2.45) is 0 Å². The van der Waals surface area contributed by atoms with Crippen molar-refractivity contribution in [2.75, 3.05) is 33.4 Å². The van der Waals surface area contributed by atoms with Crippen molar-refractivity contribution in [3.8, 4) is 0 Å². The number of amides is 2. The van der Waals surface area contributed by atoms with Gasteiger partial charge in [0.25, 0.3) is 0 Å². The SMILES string of the molecule is COCCN1CCCC2(CCCN2C(=O)Cc2ccc(F)cc2Cl)C1=O. The smallest absolute Gasteiger partial charge is 0.248 e. The first-order valence-corrected chi connectivity index (χ1v) is 9.38. The summed E-state index contributed by atoms with van der Waals surface area (Å²) in [6.45, 7) is 2.31. The number of halogens is 2. The van der Waals surface area contributed by atoms with Gasteiger partial charge in [0, 0.05) is 31.8 Å². The van der Waals surface area contributed by atoms with Gasteiger partial charge in [-0.3, -0.25) is 9.59 Å². The molecule has 0 aromatic heterocycles. The molecule has 2 fully saturated rings. The predicted molar refractivity (Wildman–Crippen MR) is 96.5 cm³/mol. The molecule has 1 aromatic rings. The summed E-state index contributed by atoms with van der Waals surface area (Å²) in [6.07, 6.45) is 3.14. The fourth-order valence-electron chi connectivity index (χ4n) is 4.13. The zero-order chi connectivity index (χ0) is 18.7. The van der Waals surface area contributed by atoms with Gasteiger partial charge in [-0.1, -0.05) is 17.7 Å². The molecule has 0 aliphatic carbocycles. The standard InChI is InChI=1S/C19H24ClFN2O3/c1-26-11-10-22-8-2-6-19(18(22)25)7-3-9-23(19)17(24)12-14-4-5-15(21)13-16(14)20/h4-5,13H,2-3,6-12H2,1H3. The Hall–Kier alpha value is -1.66. The molecule has 2 aliphatic heterocycles. The molecule has 2 amide bonds. The molecule has 1 atom stereocenters. The normalized spacial score (nSPS) is 23.1. The Kier molecular flexibility index (Phi) is 5.82. The third-order valence-electron chi connectivity index (χ3n) is 5.42. The van der Waals surface area contributed by atoms with Crippen LogP contribution in [0.5, 0.6) is 0 Å². The van der Waals surface area contributed by atoms with Crippen molar-refractivity contribution in [1.82, 2.24) is 9.80 Å². The monoisotopic (exact) mass is 382 g/mol. The van der Waals surface area contributed by atoms with E-state index >= 15 is 0 Å². The molecular formula is C19H24ClFN2O3. The maximum absolute atomic E-state index is 13.2. The van der Waals surface area contributed by atoms with Gasteiger partial charge in [-0.25, -0.2) is 4.39 Å². The van der Waals surface area contributed by atoms with Crippen LogP contribution >= 0.6 is 11.6 Å². The van der Waals surface area contributed by atoms with Crippen LogP contribution in [0.2, 0.25) is 5.02 Å². The first-order chi connectivity index (χ1) is 12.5. The van der Waals surface area contributed by atoms with Crippen molar-refractivity contribution >= 4 is 23.4 Å². The molecule has 7 heteroatoms. The minimum absolute atomic E-state index is 0.0249. The molecule has 3 rings (SSSR count). The maximum atomic E-state index is 13.2. The lowest BCUT2D eigenvalue weighted by molar-refractivity contribution is -0.155. The number of hydrogen-bond acceptors (Lipinski definition) is 3. The quantitative estimate of drug-likeness (QED) is 0.786. The van der Waals surface area contributed by atoms with Gasteiger partial charge >= 0.3 is 0 Å². The highest BCUT2D eigenvalue weighted by atomic mass is 35.5. The fourth-order valence-corrected chi connectivity index (χ4v) is 4.36. The lowest BCUT2D eigenvalue weighted by Crippen LogP contribution is -2.61. The summed E-state index contributed by atoms with van der Waals surface area (Å²) in [6, 6.07) is 4.04. The van der Waals surface area contributed by atoms with E-state index in [1.54, 1.807) is 12.0 Å². The molecule has 2 heterocycles. The van der Waals surface area contributed by atoms with Crippen molar-refractivity contribution in [1.29, 1.82) is 0 Å². The Morgan fingerprint density at radius 3 is 2.73 bits per heavy atom. The topological polar surface area (TPSA) is 49.9 Å². The summed E-state index contributed by atoms with van der Waals surface area (Å²) in [7, 11) is 1.61. The Bertz CT molecular complexity index is 699. The van der Waals surface area contributed by atoms with Gasteiger partial charge in [0.05, 0.1) is 13.0 Å². The van der Waals surface area contributed by atoms with Crippen LogP contribution in [0.15, 0.2) is 18.2 Å². The Morgan fingerprint density at radius 2 is 2.04 bits per heavy atom. The van der Waals surface area contributed by atoms with E-state index in [9.17, 15) is 14.0 Å². The van der Waals surface area contributed by atoms with Crippen molar-refractivity contribution in [2.45, 2.75) is 37.6 Å². The van der Waals surface area contributed by atoms with Gasteiger partial charge in [-0.2, -0.15) is 0 Å². The maximum Gasteiger partial charge on any atom is 0.248 e. The zero-order valence-electron chi connectivity index (χ0n) is 15.0. The summed E-state index contributed by atoms with van der Waals surface area (Å²) >= 11 is 6.07. The molecule has 0 bridgehead atoms. The van der Waals surface area contributed by atoms with E-state index in [1.807, 2.05) is 4.90 Å². The number of carbonyl (C=O) groups is 2. The second-order valence-electron chi connectivity index (χ2n) is 6.98. The van der Waals surface area contributed by atoms with E-state index in [-0.39, 0.29) is 23.3 Å². The van der Waals surface area contributed by atoms with E-state index < -0.39 is 11.4 Å². The molecule has 1 spiro atoms. The molecule has 5 nitrogen and oxygen atoms in total. The molecule has 1 aromatic carbocycles. The van der Waals surface area contributed by atoms with Gasteiger partial charge < -0.3 is 14.5 Å². The first kappa shape index (κ1) is 19.1. The van der Waals surface area contributed by atoms with Crippen LogP contribution in [0.1, 0.15) is 31.2 Å². The van der Waals surface area contributed by atoms with Crippen molar-refractivity contribution in [3.05, 3.63) is 34.6 Å². The number of benzene rings is 1. The first-order valence-electron chi connectivity index (χ1n) is 9.00. The number of hydrogen-bond donors (Lipinski definition) is 0. The third-order valence-corrected chi connectivity index (χ3v) is 5.77. The number of rotatable bonds is 5. The second kappa shape index (κ2) is 7.92. The van der Waals surface area contributed by atoms with Crippen LogP contribution in [-0.2, 0) is 20.7 Å². The largest absolute Gasteiger partial charge is 0.383 e. The number of methoxy groups -OCH3 is 1. The molecular weight excluding hydrogens is 359 g/mol. The average molecular weight is 383 g/mol. The lowest BCUT2D eigenvalue weighted by Gasteiger charge is -2.44. The zero-order valence-corrected chi connectivity index (χ0v) is 15.7. The fraction of sp³-hybridized carbons (Fsp3) is 0.579. The number of carbonyl (C=O) groups excluding carboxylic acids is 2. The van der Waals surface area contributed by atoms with Gasteiger partial charge in [0.2, 0.25) is 11.8 Å². The highest BCUT2D eigenvalue weighted by Crippen LogP contribution is 2.38. The van der Waals surface area contributed by atoms with E-state index in [0.717, 1.165) is 12.8 Å². The molecule has 0 saturated carbocycles. The van der Waals surface area contributed by atoms with Crippen LogP contribution in [0, 0.1) is 5.82 Å². The number of piperidine rings is 1. The molecule has 26 heavy (non-hydrogen) atoms. The van der Waals surface area contributed by atoms with E-state index in [0.29, 0.717) is 44.6 Å². The van der Waals surface area contributed by atoms with Crippen LogP contribution in [0.25, 0.3) is 0 Å². The molecule has 2 saturated heterocycles. The van der Waals surface area contributed by atoms with Gasteiger partial charge in [0.15, 0.2) is 0 Å². The molecule has 0 radical (unpaired) electrons. The summed E-state index contributed by atoms with van der Waals surface area (Å²) in [4.78, 5) is 29.6.